The van der Waals surface area contributed by atoms with Crippen LogP contribution in [-0.4, -0.2) is 40.7 Å². The van der Waals surface area contributed by atoms with Crippen molar-refractivity contribution >= 4 is 22.9 Å². The maximum atomic E-state index is 14.7. The third-order valence-electron chi connectivity index (χ3n) is 6.44. The number of unbranched alkanes of at least 4 members (excludes halogenated alkanes) is 2. The monoisotopic (exact) mass is 503 g/mol. The van der Waals surface area contributed by atoms with Gasteiger partial charge in [0.1, 0.15) is 11.4 Å². The Labute approximate surface area is 217 Å². The highest BCUT2D eigenvalue weighted by Crippen LogP contribution is 2.38. The molecule has 0 bridgehead atoms. The van der Waals surface area contributed by atoms with E-state index in [0.717, 1.165) is 46.1 Å². The number of ether oxygens (including phenoxy) is 1. The molecule has 37 heavy (non-hydrogen) atoms. The van der Waals surface area contributed by atoms with Gasteiger partial charge in [0.25, 0.3) is 5.91 Å². The summed E-state index contributed by atoms with van der Waals surface area (Å²) in [7, 11) is 1.71. The zero-order valence-electron chi connectivity index (χ0n) is 22.0. The molecule has 0 unspecified atom stereocenters. The molecule has 0 saturated carbocycles. The highest BCUT2D eigenvalue weighted by Gasteiger charge is 2.26. The number of terminal acetylenes is 1. The van der Waals surface area contributed by atoms with Crippen LogP contribution in [0.15, 0.2) is 36.4 Å². The molecule has 3 aromatic rings. The molecule has 0 fully saturated rings. The fourth-order valence-corrected chi connectivity index (χ4v) is 4.85. The van der Waals surface area contributed by atoms with Crippen LogP contribution < -0.4 is 5.32 Å². The molecule has 2 amide bonds. The molecule has 1 N–H and O–H groups in total. The Bertz CT molecular complexity index is 1360. The highest BCUT2D eigenvalue weighted by molar-refractivity contribution is 6.10. The Hall–Kier alpha value is -3.79. The first-order valence-corrected chi connectivity index (χ1v) is 12.7. The number of carbonyl (C=O) groups is 2. The third kappa shape index (κ3) is 5.80. The predicted molar refractivity (Wildman–Crippen MR) is 144 cm³/mol. The van der Waals surface area contributed by atoms with Crippen molar-refractivity contribution in [2.24, 2.45) is 0 Å². The summed E-state index contributed by atoms with van der Waals surface area (Å²) in [5.74, 6) is 2.00. The molecule has 7 heteroatoms. The summed E-state index contributed by atoms with van der Waals surface area (Å²) in [5.41, 5.74) is 4.52. The summed E-state index contributed by atoms with van der Waals surface area (Å²) in [5, 5.41) is 3.71. The molecular formula is C30H34FN3O3. The minimum Gasteiger partial charge on any atom is -0.444 e. The van der Waals surface area contributed by atoms with Gasteiger partial charge in [-0.1, -0.05) is 24.3 Å². The molecule has 0 spiro atoms. The number of benzene rings is 2. The van der Waals surface area contributed by atoms with Crippen LogP contribution in [0.1, 0.15) is 61.5 Å². The van der Waals surface area contributed by atoms with Gasteiger partial charge >= 0.3 is 6.09 Å². The number of amides is 2. The normalized spacial score (nSPS) is 13.1. The van der Waals surface area contributed by atoms with E-state index in [0.29, 0.717) is 38.0 Å². The molecule has 0 aliphatic carbocycles. The molecule has 1 aliphatic rings. The van der Waals surface area contributed by atoms with Crippen molar-refractivity contribution < 1.29 is 18.7 Å². The fraction of sp³-hybridized carbons (Fsp3) is 0.400. The topological polar surface area (TPSA) is 63.6 Å². The zero-order valence-corrected chi connectivity index (χ0v) is 22.0. The van der Waals surface area contributed by atoms with E-state index >= 15 is 0 Å². The minimum absolute atomic E-state index is 0.250. The van der Waals surface area contributed by atoms with Gasteiger partial charge in [-0.25, -0.2) is 9.18 Å². The van der Waals surface area contributed by atoms with E-state index < -0.39 is 11.4 Å². The fourth-order valence-electron chi connectivity index (χ4n) is 4.85. The summed E-state index contributed by atoms with van der Waals surface area (Å²) in [6.07, 6.45) is 8.10. The van der Waals surface area contributed by atoms with Crippen LogP contribution in [0.4, 0.5) is 9.18 Å². The van der Waals surface area contributed by atoms with Crippen LogP contribution in [0.2, 0.25) is 0 Å². The van der Waals surface area contributed by atoms with Crippen molar-refractivity contribution in [3.05, 3.63) is 58.9 Å². The second-order valence-electron chi connectivity index (χ2n) is 10.5. The van der Waals surface area contributed by atoms with Crippen LogP contribution >= 0.6 is 0 Å². The molecule has 0 saturated heterocycles. The molecule has 0 atom stereocenters. The SMILES string of the molecule is C#CCCCCn1c(-c2ccc(CN(C)C(=O)OC(C)(C)C)cc2)c2c3c(cc(F)cc31)C(=O)NCC2. The number of hydrogen-bond acceptors (Lipinski definition) is 3. The molecule has 194 valence electrons. The quantitative estimate of drug-likeness (QED) is 0.322. The van der Waals surface area contributed by atoms with Crippen molar-refractivity contribution in [2.45, 2.75) is 65.1 Å². The molecule has 2 heterocycles. The Morgan fingerprint density at radius 3 is 2.62 bits per heavy atom. The van der Waals surface area contributed by atoms with Gasteiger partial charge in [-0.15, -0.1) is 12.3 Å². The van der Waals surface area contributed by atoms with Gasteiger partial charge in [0.2, 0.25) is 0 Å². The number of carbonyl (C=O) groups excluding carboxylic acids is 2. The first kappa shape index (κ1) is 26.3. The van der Waals surface area contributed by atoms with E-state index in [1.165, 1.54) is 12.1 Å². The maximum Gasteiger partial charge on any atom is 0.410 e. The summed E-state index contributed by atoms with van der Waals surface area (Å²) in [6, 6.07) is 10.9. The van der Waals surface area contributed by atoms with Crippen molar-refractivity contribution in [3.63, 3.8) is 0 Å². The van der Waals surface area contributed by atoms with Crippen LogP contribution in [0.3, 0.4) is 0 Å². The van der Waals surface area contributed by atoms with Gasteiger partial charge in [-0.3, -0.25) is 4.79 Å². The van der Waals surface area contributed by atoms with Crippen LogP contribution in [0, 0.1) is 18.2 Å². The molecule has 2 aromatic carbocycles. The van der Waals surface area contributed by atoms with E-state index in [1.54, 1.807) is 11.9 Å². The van der Waals surface area contributed by atoms with Crippen molar-refractivity contribution in [1.29, 1.82) is 0 Å². The average Bonchev–Trinajstić information content (AvgIpc) is 3.03. The molecule has 0 radical (unpaired) electrons. The lowest BCUT2D eigenvalue weighted by atomic mass is 9.99. The number of nitrogens with zero attached hydrogens (tertiary/aromatic N) is 2. The molecule has 4 rings (SSSR count). The third-order valence-corrected chi connectivity index (χ3v) is 6.44. The van der Waals surface area contributed by atoms with Crippen LogP contribution in [0.25, 0.3) is 22.2 Å². The lowest BCUT2D eigenvalue weighted by molar-refractivity contribution is 0.0285. The Kier molecular flexibility index (Phi) is 7.58. The van der Waals surface area contributed by atoms with E-state index in [9.17, 15) is 14.0 Å². The second kappa shape index (κ2) is 10.7. The summed E-state index contributed by atoms with van der Waals surface area (Å²) >= 11 is 0. The largest absolute Gasteiger partial charge is 0.444 e. The Morgan fingerprint density at radius 1 is 1.22 bits per heavy atom. The maximum absolute atomic E-state index is 14.7. The standard InChI is InChI=1S/C30H34FN3O3/c1-6-7-8-9-16-34-25-18-22(31)17-24-26(25)23(14-15-32-28(24)35)27(34)21-12-10-20(11-13-21)19-33(5)29(36)37-30(2,3)4/h1,10-13,17-18H,7-9,14-16,19H2,2-5H3,(H,32,35). The zero-order chi connectivity index (χ0) is 26.7. The molecule has 1 aliphatic heterocycles. The number of aromatic nitrogens is 1. The van der Waals surface area contributed by atoms with Crippen LogP contribution in [0.5, 0.6) is 0 Å². The van der Waals surface area contributed by atoms with Gasteiger partial charge in [0, 0.05) is 38.5 Å². The lowest BCUT2D eigenvalue weighted by Crippen LogP contribution is -2.33. The van der Waals surface area contributed by atoms with Crippen molar-refractivity contribution in [2.75, 3.05) is 13.6 Å². The summed E-state index contributed by atoms with van der Waals surface area (Å²) < 4.78 is 22.2. The molecule has 6 nitrogen and oxygen atoms in total. The van der Waals surface area contributed by atoms with Gasteiger partial charge < -0.3 is 19.5 Å². The number of hydrogen-bond donors (Lipinski definition) is 1. The summed E-state index contributed by atoms with van der Waals surface area (Å²) in [4.78, 5) is 26.7. The van der Waals surface area contributed by atoms with Gasteiger partial charge in [-0.05, 0) is 68.9 Å². The summed E-state index contributed by atoms with van der Waals surface area (Å²) in [6.45, 7) is 7.08. The second-order valence-corrected chi connectivity index (χ2v) is 10.5. The number of aryl methyl sites for hydroxylation is 1. The average molecular weight is 504 g/mol. The number of halogens is 1. The molecular weight excluding hydrogens is 469 g/mol. The van der Waals surface area contributed by atoms with Gasteiger partial charge in [0.15, 0.2) is 0 Å². The Morgan fingerprint density at radius 2 is 1.95 bits per heavy atom. The minimum atomic E-state index is -0.558. The first-order valence-electron chi connectivity index (χ1n) is 12.7. The van der Waals surface area contributed by atoms with E-state index in [4.69, 9.17) is 11.2 Å². The van der Waals surface area contributed by atoms with Crippen LogP contribution in [-0.2, 0) is 24.2 Å². The number of rotatable bonds is 7. The van der Waals surface area contributed by atoms with E-state index in [2.05, 4.69) is 15.8 Å². The van der Waals surface area contributed by atoms with Crippen molar-refractivity contribution in [3.8, 4) is 23.6 Å². The van der Waals surface area contributed by atoms with Crippen molar-refractivity contribution in [1.82, 2.24) is 14.8 Å². The van der Waals surface area contributed by atoms with Gasteiger partial charge in [-0.2, -0.15) is 0 Å². The smallest absolute Gasteiger partial charge is 0.410 e. The van der Waals surface area contributed by atoms with E-state index in [1.807, 2.05) is 45.0 Å². The number of nitrogens with one attached hydrogen (secondary N) is 1. The Balaban J connectivity index is 1.73. The highest BCUT2D eigenvalue weighted by atomic mass is 19.1. The van der Waals surface area contributed by atoms with E-state index in [-0.39, 0.29) is 12.0 Å². The van der Waals surface area contributed by atoms with Gasteiger partial charge in [0.05, 0.1) is 16.8 Å². The predicted octanol–water partition coefficient (Wildman–Crippen LogP) is 5.90. The first-order chi connectivity index (χ1) is 17.6. The lowest BCUT2D eigenvalue weighted by Gasteiger charge is -2.24. The molecule has 1 aromatic heterocycles.